The lowest BCUT2D eigenvalue weighted by molar-refractivity contribution is -0.0912. The highest BCUT2D eigenvalue weighted by Crippen LogP contribution is 2.27. The molecule has 18 heavy (non-hydrogen) atoms. The van der Waals surface area contributed by atoms with Crippen LogP contribution in [0, 0.1) is 0 Å². The van der Waals surface area contributed by atoms with E-state index in [1.54, 1.807) is 6.07 Å². The SMILES string of the molecule is C=C(C)c1ccc(C(/C=C(\C)C(F)(F)F)=NC)s1. The zero-order valence-electron chi connectivity index (χ0n) is 10.4. The number of aliphatic imine (C=N–C) groups is 1. The van der Waals surface area contributed by atoms with Gasteiger partial charge in [0.15, 0.2) is 0 Å². The van der Waals surface area contributed by atoms with E-state index in [4.69, 9.17) is 0 Å². The van der Waals surface area contributed by atoms with Crippen molar-refractivity contribution in [3.8, 4) is 0 Å². The summed E-state index contributed by atoms with van der Waals surface area (Å²) in [6.45, 7) is 6.70. The molecule has 0 aliphatic heterocycles. The van der Waals surface area contributed by atoms with Crippen molar-refractivity contribution >= 4 is 22.6 Å². The van der Waals surface area contributed by atoms with Crippen molar-refractivity contribution < 1.29 is 13.2 Å². The number of nitrogens with zero attached hydrogens (tertiary/aromatic N) is 1. The fourth-order valence-electron chi connectivity index (χ4n) is 1.24. The molecule has 5 heteroatoms. The van der Waals surface area contributed by atoms with Crippen molar-refractivity contribution in [3.05, 3.63) is 40.1 Å². The number of hydrogen-bond acceptors (Lipinski definition) is 2. The van der Waals surface area contributed by atoms with Crippen molar-refractivity contribution in [3.63, 3.8) is 0 Å². The van der Waals surface area contributed by atoms with Gasteiger partial charge in [0.25, 0.3) is 0 Å². The average Bonchev–Trinajstić information content (AvgIpc) is 2.73. The van der Waals surface area contributed by atoms with E-state index in [0.29, 0.717) is 10.6 Å². The molecular weight excluding hydrogens is 259 g/mol. The maximum atomic E-state index is 12.5. The Kier molecular flexibility index (Phi) is 4.51. The van der Waals surface area contributed by atoms with Crippen molar-refractivity contribution in [2.75, 3.05) is 7.05 Å². The summed E-state index contributed by atoms with van der Waals surface area (Å²) in [4.78, 5) is 5.56. The molecule has 0 spiro atoms. The summed E-state index contributed by atoms with van der Waals surface area (Å²) in [7, 11) is 1.48. The second-order valence-electron chi connectivity index (χ2n) is 3.88. The standard InChI is InChI=1S/C13H14F3NS/c1-8(2)11-5-6-12(18-11)10(17-4)7-9(3)13(14,15)16/h5-7H,1H2,2-4H3/b9-7+,17-10?. The van der Waals surface area contributed by atoms with Crippen molar-refractivity contribution in [2.45, 2.75) is 20.0 Å². The molecule has 0 aliphatic rings. The second kappa shape index (κ2) is 5.52. The highest BCUT2D eigenvalue weighted by atomic mass is 32.1. The quantitative estimate of drug-likeness (QED) is 0.707. The van der Waals surface area contributed by atoms with Crippen LogP contribution in [-0.4, -0.2) is 18.9 Å². The number of allylic oxidation sites excluding steroid dienone is 3. The molecule has 1 nitrogen and oxygen atoms in total. The molecule has 0 aromatic carbocycles. The minimum atomic E-state index is -4.32. The molecule has 0 saturated heterocycles. The van der Waals surface area contributed by atoms with Gasteiger partial charge < -0.3 is 0 Å². The predicted molar refractivity (Wildman–Crippen MR) is 71.3 cm³/mol. The number of halogens is 3. The van der Waals surface area contributed by atoms with Gasteiger partial charge in [-0.3, -0.25) is 4.99 Å². The molecule has 0 saturated carbocycles. The Morgan fingerprint density at radius 3 is 2.22 bits per heavy atom. The molecule has 0 radical (unpaired) electrons. The zero-order valence-corrected chi connectivity index (χ0v) is 11.2. The monoisotopic (exact) mass is 273 g/mol. The van der Waals surface area contributed by atoms with Crippen LogP contribution in [0.5, 0.6) is 0 Å². The smallest absolute Gasteiger partial charge is 0.287 e. The van der Waals surface area contributed by atoms with Gasteiger partial charge in [0.2, 0.25) is 0 Å². The Balaban J connectivity index is 3.09. The lowest BCUT2D eigenvalue weighted by Gasteiger charge is -2.06. The summed E-state index contributed by atoms with van der Waals surface area (Å²) in [6, 6.07) is 3.60. The second-order valence-corrected chi connectivity index (χ2v) is 4.96. The summed E-state index contributed by atoms with van der Waals surface area (Å²) in [5.41, 5.74) is 0.564. The van der Waals surface area contributed by atoms with Crippen LogP contribution in [0.1, 0.15) is 23.6 Å². The van der Waals surface area contributed by atoms with Crippen molar-refractivity contribution in [2.24, 2.45) is 4.99 Å². The van der Waals surface area contributed by atoms with Crippen LogP contribution in [-0.2, 0) is 0 Å². The predicted octanol–water partition coefficient (Wildman–Crippen LogP) is 4.71. The van der Waals surface area contributed by atoms with Crippen LogP contribution in [0.2, 0.25) is 0 Å². The minimum absolute atomic E-state index is 0.335. The maximum absolute atomic E-state index is 12.5. The van der Waals surface area contributed by atoms with Gasteiger partial charge in [0.05, 0.1) is 10.6 Å². The molecule has 1 rings (SSSR count). The molecule has 0 fully saturated rings. The number of hydrogen-bond donors (Lipinski definition) is 0. The fraction of sp³-hybridized carbons (Fsp3) is 0.308. The van der Waals surface area contributed by atoms with E-state index < -0.39 is 11.7 Å². The van der Waals surface area contributed by atoms with Crippen LogP contribution in [0.3, 0.4) is 0 Å². The van der Waals surface area contributed by atoms with Gasteiger partial charge in [0, 0.05) is 17.5 Å². The van der Waals surface area contributed by atoms with E-state index in [-0.39, 0.29) is 0 Å². The summed E-state index contributed by atoms with van der Waals surface area (Å²) >= 11 is 1.38. The molecule has 1 aromatic rings. The number of rotatable bonds is 3. The van der Waals surface area contributed by atoms with Gasteiger partial charge in [0.1, 0.15) is 0 Å². The molecule has 0 bridgehead atoms. The van der Waals surface area contributed by atoms with E-state index in [0.717, 1.165) is 23.5 Å². The Bertz CT molecular complexity index is 507. The first-order valence-corrected chi connectivity index (χ1v) is 6.05. The molecule has 0 unspecified atom stereocenters. The van der Waals surface area contributed by atoms with Crippen LogP contribution >= 0.6 is 11.3 Å². The molecule has 0 atom stereocenters. The first kappa shape index (κ1) is 14.7. The molecule has 1 aromatic heterocycles. The Morgan fingerprint density at radius 2 is 1.83 bits per heavy atom. The summed E-state index contributed by atoms with van der Waals surface area (Å²) in [6.07, 6.45) is -3.25. The first-order chi connectivity index (χ1) is 8.25. The largest absolute Gasteiger partial charge is 0.412 e. The molecule has 98 valence electrons. The maximum Gasteiger partial charge on any atom is 0.412 e. The lowest BCUT2D eigenvalue weighted by atomic mass is 10.2. The van der Waals surface area contributed by atoms with Crippen LogP contribution in [0.15, 0.2) is 35.4 Å². The van der Waals surface area contributed by atoms with E-state index >= 15 is 0 Å². The average molecular weight is 273 g/mol. The zero-order chi connectivity index (χ0) is 13.9. The van der Waals surface area contributed by atoms with Crippen LogP contribution in [0.4, 0.5) is 13.2 Å². The summed E-state index contributed by atoms with van der Waals surface area (Å²) in [5, 5.41) is 0. The topological polar surface area (TPSA) is 12.4 Å². The van der Waals surface area contributed by atoms with E-state index in [1.165, 1.54) is 18.4 Å². The highest BCUT2D eigenvalue weighted by molar-refractivity contribution is 7.15. The Hall–Kier alpha value is -1.36. The molecular formula is C13H14F3NS. The van der Waals surface area contributed by atoms with Crippen LogP contribution in [0.25, 0.3) is 5.57 Å². The fourth-order valence-corrected chi connectivity index (χ4v) is 2.18. The molecule has 1 heterocycles. The highest BCUT2D eigenvalue weighted by Gasteiger charge is 2.30. The van der Waals surface area contributed by atoms with Gasteiger partial charge in [-0.15, -0.1) is 11.3 Å². The third kappa shape index (κ3) is 3.57. The van der Waals surface area contributed by atoms with Gasteiger partial charge >= 0.3 is 6.18 Å². The third-order valence-electron chi connectivity index (χ3n) is 2.32. The third-order valence-corrected chi connectivity index (χ3v) is 3.59. The first-order valence-electron chi connectivity index (χ1n) is 5.24. The van der Waals surface area contributed by atoms with E-state index in [1.807, 2.05) is 13.0 Å². The van der Waals surface area contributed by atoms with Crippen molar-refractivity contribution in [1.29, 1.82) is 0 Å². The van der Waals surface area contributed by atoms with Gasteiger partial charge in [-0.1, -0.05) is 6.58 Å². The molecule has 0 aliphatic carbocycles. The van der Waals surface area contributed by atoms with Gasteiger partial charge in [-0.25, -0.2) is 0 Å². The van der Waals surface area contributed by atoms with Crippen molar-refractivity contribution in [1.82, 2.24) is 0 Å². The minimum Gasteiger partial charge on any atom is -0.287 e. The van der Waals surface area contributed by atoms with Crippen LogP contribution < -0.4 is 0 Å². The Labute approximate surface area is 108 Å². The summed E-state index contributed by atoms with van der Waals surface area (Å²) < 4.78 is 37.4. The van der Waals surface area contributed by atoms with Gasteiger partial charge in [-0.05, 0) is 37.6 Å². The normalized spacial score (nSPS) is 13.9. The Morgan fingerprint density at radius 1 is 1.28 bits per heavy atom. The number of alkyl halides is 3. The molecule has 0 N–H and O–H groups in total. The van der Waals surface area contributed by atoms with Gasteiger partial charge in [-0.2, -0.15) is 13.2 Å². The lowest BCUT2D eigenvalue weighted by Crippen LogP contribution is -2.11. The van der Waals surface area contributed by atoms with E-state index in [2.05, 4.69) is 11.6 Å². The number of thiophene rings is 1. The van der Waals surface area contributed by atoms with E-state index in [9.17, 15) is 13.2 Å². The molecule has 0 amide bonds. The summed E-state index contributed by atoms with van der Waals surface area (Å²) in [5.74, 6) is 0.